The van der Waals surface area contributed by atoms with Crippen molar-refractivity contribution in [1.82, 2.24) is 19.9 Å². The van der Waals surface area contributed by atoms with Gasteiger partial charge in [-0.1, -0.05) is 54.2 Å². The molecule has 29 heavy (non-hydrogen) atoms. The SMILES string of the molecule is CCOc1ccccc1NC(=O)C(Sc1ncnc2nc[nH]c12)c1ccccc1. The van der Waals surface area contributed by atoms with Gasteiger partial charge in [0.15, 0.2) is 5.65 Å². The van der Waals surface area contributed by atoms with Crippen molar-refractivity contribution in [2.24, 2.45) is 0 Å². The van der Waals surface area contributed by atoms with Crippen LogP contribution in [-0.2, 0) is 4.79 Å². The number of rotatable bonds is 7. The van der Waals surface area contributed by atoms with Gasteiger partial charge in [0.2, 0.25) is 5.91 Å². The molecule has 2 heterocycles. The molecular weight excluding hydrogens is 386 g/mol. The maximum atomic E-state index is 13.3. The van der Waals surface area contributed by atoms with Crippen LogP contribution in [0, 0.1) is 0 Å². The van der Waals surface area contributed by atoms with Gasteiger partial charge in [0.25, 0.3) is 0 Å². The molecule has 0 bridgehead atoms. The van der Waals surface area contributed by atoms with E-state index in [0.717, 1.165) is 5.56 Å². The number of carbonyl (C=O) groups is 1. The van der Waals surface area contributed by atoms with Gasteiger partial charge in [0, 0.05) is 0 Å². The molecule has 2 aromatic carbocycles. The minimum Gasteiger partial charge on any atom is -0.492 e. The monoisotopic (exact) mass is 405 g/mol. The Bertz CT molecular complexity index is 1120. The molecule has 0 saturated carbocycles. The number of hydrogen-bond donors (Lipinski definition) is 2. The van der Waals surface area contributed by atoms with Gasteiger partial charge in [0.1, 0.15) is 27.9 Å². The summed E-state index contributed by atoms with van der Waals surface area (Å²) in [4.78, 5) is 29.0. The summed E-state index contributed by atoms with van der Waals surface area (Å²) in [6.45, 7) is 2.43. The molecule has 0 saturated heterocycles. The molecule has 1 unspecified atom stereocenters. The smallest absolute Gasteiger partial charge is 0.242 e. The zero-order valence-corrected chi connectivity index (χ0v) is 16.5. The predicted molar refractivity (Wildman–Crippen MR) is 113 cm³/mol. The molecule has 0 fully saturated rings. The largest absolute Gasteiger partial charge is 0.492 e. The van der Waals surface area contributed by atoms with E-state index >= 15 is 0 Å². The fourth-order valence-electron chi connectivity index (χ4n) is 2.89. The second kappa shape index (κ2) is 8.74. The van der Waals surface area contributed by atoms with Gasteiger partial charge in [-0.2, -0.15) is 0 Å². The third kappa shape index (κ3) is 4.22. The lowest BCUT2D eigenvalue weighted by atomic mass is 10.1. The van der Waals surface area contributed by atoms with Crippen LogP contribution in [0.25, 0.3) is 11.2 Å². The number of H-pyrrole nitrogens is 1. The summed E-state index contributed by atoms with van der Waals surface area (Å²) in [7, 11) is 0. The molecule has 0 aliphatic rings. The van der Waals surface area contributed by atoms with Crippen LogP contribution in [0.4, 0.5) is 5.69 Å². The molecular formula is C21H19N5O2S. The van der Waals surface area contributed by atoms with Crippen molar-refractivity contribution in [2.75, 3.05) is 11.9 Å². The zero-order chi connectivity index (χ0) is 20.1. The topological polar surface area (TPSA) is 92.8 Å². The number of thioether (sulfide) groups is 1. The highest BCUT2D eigenvalue weighted by Gasteiger charge is 2.25. The number of hydrogen-bond acceptors (Lipinski definition) is 6. The van der Waals surface area contributed by atoms with Crippen molar-refractivity contribution in [3.8, 4) is 5.75 Å². The fraction of sp³-hybridized carbons (Fsp3) is 0.143. The highest BCUT2D eigenvalue weighted by molar-refractivity contribution is 8.00. The first kappa shape index (κ1) is 18.9. The van der Waals surface area contributed by atoms with Crippen LogP contribution < -0.4 is 10.1 Å². The Kier molecular flexibility index (Phi) is 5.71. The Labute approximate surface area is 172 Å². The molecule has 0 aliphatic carbocycles. The number of anilines is 1. The van der Waals surface area contributed by atoms with Gasteiger partial charge >= 0.3 is 0 Å². The molecule has 0 aliphatic heterocycles. The predicted octanol–water partition coefficient (Wildman–Crippen LogP) is 4.22. The van der Waals surface area contributed by atoms with E-state index in [1.165, 1.54) is 18.1 Å². The molecule has 4 rings (SSSR count). The van der Waals surface area contributed by atoms with Crippen LogP contribution in [0.2, 0.25) is 0 Å². The van der Waals surface area contributed by atoms with Gasteiger partial charge in [-0.05, 0) is 24.6 Å². The second-order valence-corrected chi connectivity index (χ2v) is 7.20. The average molecular weight is 405 g/mol. The summed E-state index contributed by atoms with van der Waals surface area (Å²) < 4.78 is 5.63. The van der Waals surface area contributed by atoms with E-state index in [-0.39, 0.29) is 5.91 Å². The minimum atomic E-state index is -0.521. The molecule has 2 aromatic heterocycles. The van der Waals surface area contributed by atoms with Gasteiger partial charge in [-0.3, -0.25) is 4.79 Å². The number of imidazole rings is 1. The van der Waals surface area contributed by atoms with Crippen molar-refractivity contribution in [3.63, 3.8) is 0 Å². The van der Waals surface area contributed by atoms with E-state index in [2.05, 4.69) is 25.3 Å². The third-order valence-electron chi connectivity index (χ3n) is 4.20. The molecule has 146 valence electrons. The van der Waals surface area contributed by atoms with Crippen LogP contribution >= 0.6 is 11.8 Å². The maximum absolute atomic E-state index is 13.3. The number of fused-ring (bicyclic) bond motifs is 1. The summed E-state index contributed by atoms with van der Waals surface area (Å²) in [5.74, 6) is 0.470. The quantitative estimate of drug-likeness (QED) is 0.353. The van der Waals surface area contributed by atoms with Gasteiger partial charge in [-0.25, -0.2) is 15.0 Å². The third-order valence-corrected chi connectivity index (χ3v) is 5.46. The van der Waals surface area contributed by atoms with Gasteiger partial charge in [-0.15, -0.1) is 0 Å². The average Bonchev–Trinajstić information content (AvgIpc) is 3.24. The summed E-state index contributed by atoms with van der Waals surface area (Å²) in [6, 6.07) is 17.0. The summed E-state index contributed by atoms with van der Waals surface area (Å²) in [5, 5.41) is 3.14. The summed E-state index contributed by atoms with van der Waals surface area (Å²) >= 11 is 1.35. The molecule has 0 radical (unpaired) electrons. The lowest BCUT2D eigenvalue weighted by molar-refractivity contribution is -0.115. The number of aromatic nitrogens is 4. The highest BCUT2D eigenvalue weighted by Crippen LogP contribution is 2.38. The number of carbonyl (C=O) groups excluding carboxylic acids is 1. The fourth-order valence-corrected chi connectivity index (χ4v) is 3.95. The lowest BCUT2D eigenvalue weighted by Gasteiger charge is -2.18. The molecule has 0 spiro atoms. The molecule has 8 heteroatoms. The number of aromatic amines is 1. The van der Waals surface area contributed by atoms with Crippen LogP contribution in [0.15, 0.2) is 72.3 Å². The molecule has 7 nitrogen and oxygen atoms in total. The number of para-hydroxylation sites is 2. The molecule has 2 N–H and O–H groups in total. The second-order valence-electron chi connectivity index (χ2n) is 6.11. The zero-order valence-electron chi connectivity index (χ0n) is 15.7. The standard InChI is InChI=1S/C21H19N5O2S/c1-2-28-16-11-7-6-10-15(16)26-20(27)18(14-8-4-3-5-9-14)29-21-17-19(23-12-22-17)24-13-25-21/h3-13,18H,2H2,1H3,(H,26,27)(H,22,23,24,25). The Morgan fingerprint density at radius 1 is 1.10 bits per heavy atom. The normalized spacial score (nSPS) is 11.9. The summed E-state index contributed by atoms with van der Waals surface area (Å²) in [6.07, 6.45) is 3.02. The number of amides is 1. The van der Waals surface area contributed by atoms with Crippen molar-refractivity contribution >= 4 is 34.5 Å². The molecule has 1 amide bonds. The Morgan fingerprint density at radius 3 is 2.72 bits per heavy atom. The van der Waals surface area contributed by atoms with E-state index in [1.54, 1.807) is 6.33 Å². The van der Waals surface area contributed by atoms with E-state index < -0.39 is 5.25 Å². The van der Waals surface area contributed by atoms with E-state index in [0.29, 0.717) is 34.2 Å². The van der Waals surface area contributed by atoms with Crippen molar-refractivity contribution in [1.29, 1.82) is 0 Å². The first-order valence-electron chi connectivity index (χ1n) is 9.14. The van der Waals surface area contributed by atoms with Crippen LogP contribution in [0.3, 0.4) is 0 Å². The van der Waals surface area contributed by atoms with Crippen LogP contribution in [-0.4, -0.2) is 32.4 Å². The molecule has 1 atom stereocenters. The van der Waals surface area contributed by atoms with Crippen molar-refractivity contribution in [2.45, 2.75) is 17.2 Å². The van der Waals surface area contributed by atoms with E-state index in [4.69, 9.17) is 4.74 Å². The van der Waals surface area contributed by atoms with Gasteiger partial charge < -0.3 is 15.0 Å². The van der Waals surface area contributed by atoms with Crippen molar-refractivity contribution in [3.05, 3.63) is 72.8 Å². The first-order valence-corrected chi connectivity index (χ1v) is 10.0. The number of nitrogens with zero attached hydrogens (tertiary/aromatic N) is 3. The lowest BCUT2D eigenvalue weighted by Crippen LogP contribution is -2.19. The summed E-state index contributed by atoms with van der Waals surface area (Å²) in [5.41, 5.74) is 2.78. The van der Waals surface area contributed by atoms with Crippen LogP contribution in [0.5, 0.6) is 5.75 Å². The minimum absolute atomic E-state index is 0.167. The first-order chi connectivity index (χ1) is 14.3. The number of benzene rings is 2. The van der Waals surface area contributed by atoms with E-state index in [9.17, 15) is 4.79 Å². The number of ether oxygens (including phenoxy) is 1. The van der Waals surface area contributed by atoms with E-state index in [1.807, 2.05) is 61.5 Å². The molecule has 4 aromatic rings. The van der Waals surface area contributed by atoms with Gasteiger partial charge in [0.05, 0.1) is 18.6 Å². The highest BCUT2D eigenvalue weighted by atomic mass is 32.2. The van der Waals surface area contributed by atoms with Crippen molar-refractivity contribution < 1.29 is 9.53 Å². The maximum Gasteiger partial charge on any atom is 0.242 e. The Morgan fingerprint density at radius 2 is 1.90 bits per heavy atom. The number of nitrogens with one attached hydrogen (secondary N) is 2. The Balaban J connectivity index is 1.66. The van der Waals surface area contributed by atoms with Crippen LogP contribution in [0.1, 0.15) is 17.7 Å². The Hall–Kier alpha value is -3.39.